The van der Waals surface area contributed by atoms with Gasteiger partial charge in [-0.1, -0.05) is 6.92 Å². The molecule has 0 bridgehead atoms. The van der Waals surface area contributed by atoms with E-state index in [4.69, 9.17) is 4.74 Å². The van der Waals surface area contributed by atoms with Gasteiger partial charge in [0.2, 0.25) is 0 Å². The molecule has 1 aliphatic rings. The molecule has 1 atom stereocenters. The van der Waals surface area contributed by atoms with Crippen molar-refractivity contribution < 1.29 is 13.9 Å². The molecule has 1 saturated heterocycles. The summed E-state index contributed by atoms with van der Waals surface area (Å²) in [7, 11) is 1.65. The first-order chi connectivity index (χ1) is 10.2. The van der Waals surface area contributed by atoms with Gasteiger partial charge in [0.15, 0.2) is 0 Å². The number of hydrogen-bond acceptors (Lipinski definition) is 4. The van der Waals surface area contributed by atoms with Crippen LogP contribution in [0.15, 0.2) is 12.3 Å². The zero-order chi connectivity index (χ0) is 15.2. The maximum atomic E-state index is 13.5. The summed E-state index contributed by atoms with van der Waals surface area (Å²) in [5, 5.41) is 3.08. The van der Waals surface area contributed by atoms with E-state index in [-0.39, 0.29) is 12.0 Å². The van der Waals surface area contributed by atoms with E-state index >= 15 is 0 Å². The van der Waals surface area contributed by atoms with Crippen LogP contribution in [0.3, 0.4) is 0 Å². The van der Waals surface area contributed by atoms with E-state index in [1.165, 1.54) is 6.07 Å². The fourth-order valence-electron chi connectivity index (χ4n) is 2.47. The normalized spacial score (nSPS) is 18.6. The average Bonchev–Trinajstić information content (AvgIpc) is 2.53. The van der Waals surface area contributed by atoms with E-state index in [0.29, 0.717) is 31.0 Å². The van der Waals surface area contributed by atoms with Gasteiger partial charge in [-0.2, -0.15) is 0 Å². The molecule has 5 nitrogen and oxygen atoms in total. The van der Waals surface area contributed by atoms with Crippen LogP contribution in [0.1, 0.15) is 36.5 Å². The zero-order valence-corrected chi connectivity index (χ0v) is 12.6. The molecule has 1 amide bonds. The van der Waals surface area contributed by atoms with Gasteiger partial charge in [0.05, 0.1) is 17.9 Å². The molecule has 0 spiro atoms. The minimum atomic E-state index is -0.499. The molecule has 1 aliphatic heterocycles. The molecule has 0 saturated carbocycles. The van der Waals surface area contributed by atoms with Gasteiger partial charge in [-0.25, -0.2) is 9.37 Å². The summed E-state index contributed by atoms with van der Waals surface area (Å²) in [6.07, 6.45) is 3.93. The van der Waals surface area contributed by atoms with E-state index in [1.807, 2.05) is 6.92 Å². The largest absolute Gasteiger partial charge is 0.380 e. The molecule has 1 unspecified atom stereocenters. The SMILES string of the molecule is CCCNc1ncc(F)cc1C(=O)N1CCCC(OC)C1. The quantitative estimate of drug-likeness (QED) is 0.905. The summed E-state index contributed by atoms with van der Waals surface area (Å²) >= 11 is 0. The number of amides is 1. The number of nitrogens with one attached hydrogen (secondary N) is 1. The molecule has 6 heteroatoms. The topological polar surface area (TPSA) is 54.5 Å². The number of methoxy groups -OCH3 is 1. The third-order valence-electron chi connectivity index (χ3n) is 3.63. The van der Waals surface area contributed by atoms with Crippen LogP contribution in [-0.2, 0) is 4.74 Å². The standard InChI is InChI=1S/C15H22FN3O2/c1-3-6-17-14-13(8-11(16)9-18-14)15(20)19-7-4-5-12(10-19)21-2/h8-9,12H,3-7,10H2,1-2H3,(H,17,18). The molecule has 1 aromatic heterocycles. The van der Waals surface area contributed by atoms with Gasteiger partial charge in [-0.3, -0.25) is 4.79 Å². The highest BCUT2D eigenvalue weighted by molar-refractivity contribution is 5.98. The number of ether oxygens (including phenoxy) is 1. The number of nitrogens with zero attached hydrogens (tertiary/aromatic N) is 2. The average molecular weight is 295 g/mol. The molecule has 2 rings (SSSR count). The maximum Gasteiger partial charge on any atom is 0.257 e. The first kappa shape index (κ1) is 15.7. The Hall–Kier alpha value is -1.69. The van der Waals surface area contributed by atoms with E-state index < -0.39 is 5.82 Å². The van der Waals surface area contributed by atoms with Crippen molar-refractivity contribution in [1.29, 1.82) is 0 Å². The molecule has 0 aliphatic carbocycles. The van der Waals surface area contributed by atoms with Gasteiger partial charge in [0.1, 0.15) is 11.6 Å². The number of carbonyl (C=O) groups is 1. The number of anilines is 1. The maximum absolute atomic E-state index is 13.5. The molecule has 116 valence electrons. The second kappa shape index (κ2) is 7.36. The molecule has 1 fully saturated rings. The van der Waals surface area contributed by atoms with Gasteiger partial charge >= 0.3 is 0 Å². The van der Waals surface area contributed by atoms with Crippen molar-refractivity contribution in [2.24, 2.45) is 0 Å². The number of hydrogen-bond donors (Lipinski definition) is 1. The molecule has 0 radical (unpaired) electrons. The Morgan fingerprint density at radius 1 is 1.62 bits per heavy atom. The van der Waals surface area contributed by atoms with Crippen LogP contribution in [0.4, 0.5) is 10.2 Å². The van der Waals surface area contributed by atoms with Gasteiger partial charge in [0.25, 0.3) is 5.91 Å². The summed E-state index contributed by atoms with van der Waals surface area (Å²) in [6, 6.07) is 1.25. The van der Waals surface area contributed by atoms with Crippen molar-refractivity contribution >= 4 is 11.7 Å². The summed E-state index contributed by atoms with van der Waals surface area (Å²) in [5.74, 6) is -0.245. The van der Waals surface area contributed by atoms with Gasteiger partial charge in [0, 0.05) is 26.7 Å². The minimum Gasteiger partial charge on any atom is -0.380 e. The Morgan fingerprint density at radius 3 is 3.14 bits per heavy atom. The first-order valence-corrected chi connectivity index (χ1v) is 7.37. The molecule has 2 heterocycles. The van der Waals surface area contributed by atoms with Crippen LogP contribution in [0, 0.1) is 5.82 Å². The second-order valence-electron chi connectivity index (χ2n) is 5.23. The molecule has 1 N–H and O–H groups in total. The van der Waals surface area contributed by atoms with Gasteiger partial charge in [-0.05, 0) is 25.3 Å². The van der Waals surface area contributed by atoms with Crippen molar-refractivity contribution in [1.82, 2.24) is 9.88 Å². The van der Waals surface area contributed by atoms with Crippen LogP contribution in [0.2, 0.25) is 0 Å². The molecule has 21 heavy (non-hydrogen) atoms. The Labute approximate surface area is 124 Å². The van der Waals surface area contributed by atoms with Crippen LogP contribution in [-0.4, -0.2) is 48.6 Å². The van der Waals surface area contributed by atoms with E-state index in [9.17, 15) is 9.18 Å². The Kier molecular flexibility index (Phi) is 5.50. The lowest BCUT2D eigenvalue weighted by molar-refractivity contribution is 0.0269. The smallest absolute Gasteiger partial charge is 0.257 e. The number of likely N-dealkylation sites (tertiary alicyclic amines) is 1. The number of pyridine rings is 1. The minimum absolute atomic E-state index is 0.0521. The summed E-state index contributed by atoms with van der Waals surface area (Å²) in [6.45, 7) is 3.92. The lowest BCUT2D eigenvalue weighted by Gasteiger charge is -2.32. The Morgan fingerprint density at radius 2 is 2.43 bits per heavy atom. The number of piperidine rings is 1. The summed E-state index contributed by atoms with van der Waals surface area (Å²) in [5.41, 5.74) is 0.292. The monoisotopic (exact) mass is 295 g/mol. The van der Waals surface area contributed by atoms with Crippen LogP contribution < -0.4 is 5.32 Å². The van der Waals surface area contributed by atoms with Crippen molar-refractivity contribution in [3.05, 3.63) is 23.6 Å². The number of aromatic nitrogens is 1. The summed E-state index contributed by atoms with van der Waals surface area (Å²) in [4.78, 5) is 18.3. The molecule has 1 aromatic rings. The number of halogens is 1. The number of carbonyl (C=O) groups excluding carboxylic acids is 1. The van der Waals surface area contributed by atoms with Crippen LogP contribution in [0.5, 0.6) is 0 Å². The van der Waals surface area contributed by atoms with Crippen molar-refractivity contribution in [2.75, 3.05) is 32.1 Å². The van der Waals surface area contributed by atoms with E-state index in [1.54, 1.807) is 12.0 Å². The fourth-order valence-corrected chi connectivity index (χ4v) is 2.47. The van der Waals surface area contributed by atoms with Crippen molar-refractivity contribution in [3.8, 4) is 0 Å². The third kappa shape index (κ3) is 3.91. The number of rotatable bonds is 5. The highest BCUT2D eigenvalue weighted by Crippen LogP contribution is 2.20. The Balaban J connectivity index is 2.18. The van der Waals surface area contributed by atoms with E-state index in [2.05, 4.69) is 10.3 Å². The Bertz CT molecular complexity index is 496. The van der Waals surface area contributed by atoms with Gasteiger partial charge in [-0.15, -0.1) is 0 Å². The van der Waals surface area contributed by atoms with E-state index in [0.717, 1.165) is 25.5 Å². The highest BCUT2D eigenvalue weighted by atomic mass is 19.1. The zero-order valence-electron chi connectivity index (χ0n) is 12.6. The van der Waals surface area contributed by atoms with Crippen LogP contribution >= 0.6 is 0 Å². The highest BCUT2D eigenvalue weighted by Gasteiger charge is 2.26. The lowest BCUT2D eigenvalue weighted by Crippen LogP contribution is -2.43. The predicted octanol–water partition coefficient (Wildman–Crippen LogP) is 2.29. The van der Waals surface area contributed by atoms with Crippen LogP contribution in [0.25, 0.3) is 0 Å². The van der Waals surface area contributed by atoms with Crippen molar-refractivity contribution in [3.63, 3.8) is 0 Å². The fraction of sp³-hybridized carbons (Fsp3) is 0.600. The molecular weight excluding hydrogens is 273 g/mol. The third-order valence-corrected chi connectivity index (χ3v) is 3.63. The lowest BCUT2D eigenvalue weighted by atomic mass is 10.1. The second-order valence-corrected chi connectivity index (χ2v) is 5.23. The van der Waals surface area contributed by atoms with Crippen molar-refractivity contribution in [2.45, 2.75) is 32.3 Å². The predicted molar refractivity (Wildman–Crippen MR) is 78.9 cm³/mol. The van der Waals surface area contributed by atoms with Gasteiger partial charge < -0.3 is 15.0 Å². The first-order valence-electron chi connectivity index (χ1n) is 7.37. The molecular formula is C15H22FN3O2. The summed E-state index contributed by atoms with van der Waals surface area (Å²) < 4.78 is 18.8. The molecule has 0 aromatic carbocycles.